The summed E-state index contributed by atoms with van der Waals surface area (Å²) < 4.78 is 12.3. The summed E-state index contributed by atoms with van der Waals surface area (Å²) in [6.07, 6.45) is 0.750. The van der Waals surface area contributed by atoms with Gasteiger partial charge in [-0.3, -0.25) is 14.2 Å². The maximum atomic E-state index is 13.5. The number of ether oxygens (including phenoxy) is 2. The van der Waals surface area contributed by atoms with Crippen LogP contribution in [0.25, 0.3) is 11.4 Å². The van der Waals surface area contributed by atoms with E-state index in [0.29, 0.717) is 35.9 Å². The van der Waals surface area contributed by atoms with Crippen LogP contribution in [0, 0.1) is 6.92 Å². The number of nitrogens with one attached hydrogen (secondary N) is 1. The number of fused-ring (bicyclic) bond motifs is 1. The van der Waals surface area contributed by atoms with E-state index in [0.717, 1.165) is 22.4 Å². The number of carbonyl (C=O) groups excluding carboxylic acids is 1. The van der Waals surface area contributed by atoms with Crippen LogP contribution in [0.15, 0.2) is 41.2 Å². The van der Waals surface area contributed by atoms with Crippen molar-refractivity contribution in [3.05, 3.63) is 69.3 Å². The number of rotatable bonds is 6. The molecule has 33 heavy (non-hydrogen) atoms. The van der Waals surface area contributed by atoms with Gasteiger partial charge in [0, 0.05) is 32.0 Å². The summed E-state index contributed by atoms with van der Waals surface area (Å²) in [6, 6.07) is 11.2. The van der Waals surface area contributed by atoms with Crippen molar-refractivity contribution in [3.63, 3.8) is 0 Å². The lowest BCUT2D eigenvalue weighted by Crippen LogP contribution is -2.32. The van der Waals surface area contributed by atoms with E-state index < -0.39 is 6.10 Å². The number of hydrogen-bond donors (Lipinski definition) is 1. The Labute approximate surface area is 192 Å². The molecular weight excluding hydrogens is 420 g/mol. The first kappa shape index (κ1) is 22.5. The monoisotopic (exact) mass is 448 g/mol. The van der Waals surface area contributed by atoms with Crippen LogP contribution in [0.2, 0.25) is 0 Å². The molecule has 0 spiro atoms. The molecule has 1 N–H and O–H groups in total. The molecule has 0 fully saturated rings. The molecule has 2 atom stereocenters. The van der Waals surface area contributed by atoms with Crippen LogP contribution < -0.4 is 15.6 Å². The van der Waals surface area contributed by atoms with Crippen LogP contribution in [0.5, 0.6) is 5.88 Å². The minimum absolute atomic E-state index is 0.196. The predicted molar refractivity (Wildman–Crippen MR) is 125 cm³/mol. The normalized spacial score (nSPS) is 16.9. The maximum absolute atomic E-state index is 13.5. The first-order valence-corrected chi connectivity index (χ1v) is 11.0. The number of aromatic nitrogens is 3. The number of anilines is 1. The van der Waals surface area contributed by atoms with Crippen LogP contribution in [0.3, 0.4) is 0 Å². The van der Waals surface area contributed by atoms with Gasteiger partial charge in [0.2, 0.25) is 5.88 Å². The van der Waals surface area contributed by atoms with E-state index in [-0.39, 0.29) is 17.6 Å². The number of esters is 1. The number of hydrogen-bond acceptors (Lipinski definition) is 7. The van der Waals surface area contributed by atoms with E-state index in [1.54, 1.807) is 20.2 Å². The van der Waals surface area contributed by atoms with Gasteiger partial charge in [-0.2, -0.15) is 0 Å². The van der Waals surface area contributed by atoms with Crippen molar-refractivity contribution in [1.82, 2.24) is 14.5 Å². The van der Waals surface area contributed by atoms with E-state index in [1.807, 2.05) is 44.2 Å². The minimum atomic E-state index is -0.401. The van der Waals surface area contributed by atoms with Crippen LogP contribution in [0.4, 0.5) is 5.69 Å². The molecule has 0 saturated carbocycles. The molecule has 1 aliphatic rings. The lowest BCUT2D eigenvalue weighted by molar-refractivity contribution is -0.146. The zero-order valence-corrected chi connectivity index (χ0v) is 19.5. The molecule has 8 nitrogen and oxygen atoms in total. The lowest BCUT2D eigenvalue weighted by Gasteiger charge is -2.24. The smallest absolute Gasteiger partial charge is 0.302 e. The molecule has 3 aromatic rings. The molecule has 4 rings (SSSR count). The number of carbonyl (C=O) groups is 1. The summed E-state index contributed by atoms with van der Waals surface area (Å²) in [5, 5.41) is 3.38. The number of benzene rings is 1. The van der Waals surface area contributed by atoms with Gasteiger partial charge < -0.3 is 14.8 Å². The average molecular weight is 449 g/mol. The van der Waals surface area contributed by atoms with Gasteiger partial charge in [0.15, 0.2) is 0 Å². The van der Waals surface area contributed by atoms with Gasteiger partial charge in [0.05, 0.1) is 24.5 Å². The van der Waals surface area contributed by atoms with Crippen LogP contribution in [-0.2, 0) is 29.4 Å². The molecule has 0 bridgehead atoms. The van der Waals surface area contributed by atoms with E-state index >= 15 is 0 Å². The summed E-state index contributed by atoms with van der Waals surface area (Å²) in [4.78, 5) is 34.5. The Balaban J connectivity index is 1.78. The molecule has 172 valence electrons. The highest BCUT2D eigenvalue weighted by Crippen LogP contribution is 2.36. The third kappa shape index (κ3) is 4.20. The van der Waals surface area contributed by atoms with Crippen molar-refractivity contribution in [1.29, 1.82) is 0 Å². The quantitative estimate of drug-likeness (QED) is 0.578. The molecule has 0 amide bonds. The molecule has 1 unspecified atom stereocenters. The predicted octanol–water partition coefficient (Wildman–Crippen LogP) is 3.36. The highest BCUT2D eigenvalue weighted by atomic mass is 16.5. The summed E-state index contributed by atoms with van der Waals surface area (Å²) in [5.74, 6) is 0.698. The third-order valence-electron chi connectivity index (χ3n) is 6.01. The van der Waals surface area contributed by atoms with Gasteiger partial charge in [-0.1, -0.05) is 31.2 Å². The van der Waals surface area contributed by atoms with Crippen LogP contribution >= 0.6 is 0 Å². The van der Waals surface area contributed by atoms with Crippen molar-refractivity contribution >= 4 is 11.7 Å². The fourth-order valence-electron chi connectivity index (χ4n) is 4.38. The van der Waals surface area contributed by atoms with Gasteiger partial charge in [0.1, 0.15) is 17.6 Å². The SMILES string of the molecule is CCc1nc(-c2ccc(OC)nc2C)n(C)c(=O)c1NC1c2ccccc2C[C@@H]1OC(C)=O. The third-order valence-corrected chi connectivity index (χ3v) is 6.01. The Bertz CT molecular complexity index is 1270. The van der Waals surface area contributed by atoms with Crippen molar-refractivity contribution in [3.8, 4) is 17.3 Å². The highest BCUT2D eigenvalue weighted by Gasteiger charge is 2.35. The van der Waals surface area contributed by atoms with Crippen LogP contribution in [-0.4, -0.2) is 33.7 Å². The molecular formula is C25H28N4O4. The Kier molecular flexibility index (Phi) is 6.18. The van der Waals surface area contributed by atoms with Crippen molar-refractivity contribution in [2.45, 2.75) is 45.8 Å². The second kappa shape index (κ2) is 9.05. The van der Waals surface area contributed by atoms with E-state index in [9.17, 15) is 9.59 Å². The van der Waals surface area contributed by atoms with Gasteiger partial charge >= 0.3 is 5.97 Å². The van der Waals surface area contributed by atoms with Gasteiger partial charge in [0.25, 0.3) is 5.56 Å². The zero-order chi connectivity index (χ0) is 23.7. The van der Waals surface area contributed by atoms with E-state index in [4.69, 9.17) is 14.5 Å². The number of aryl methyl sites for hydroxylation is 2. The highest BCUT2D eigenvalue weighted by molar-refractivity contribution is 5.67. The van der Waals surface area contributed by atoms with Crippen molar-refractivity contribution in [2.75, 3.05) is 12.4 Å². The molecule has 2 heterocycles. The van der Waals surface area contributed by atoms with E-state index in [1.165, 1.54) is 11.5 Å². The molecule has 0 radical (unpaired) electrons. The molecule has 0 aliphatic heterocycles. The lowest BCUT2D eigenvalue weighted by atomic mass is 10.1. The largest absolute Gasteiger partial charge is 0.481 e. The first-order valence-electron chi connectivity index (χ1n) is 11.0. The van der Waals surface area contributed by atoms with Crippen molar-refractivity contribution < 1.29 is 14.3 Å². The van der Waals surface area contributed by atoms with Gasteiger partial charge in [-0.25, -0.2) is 9.97 Å². The molecule has 0 saturated heterocycles. The van der Waals surface area contributed by atoms with Gasteiger partial charge in [-0.15, -0.1) is 0 Å². The molecule has 1 aromatic carbocycles. The Morgan fingerprint density at radius 1 is 1.21 bits per heavy atom. The Morgan fingerprint density at radius 3 is 2.64 bits per heavy atom. The Morgan fingerprint density at radius 2 is 1.97 bits per heavy atom. The van der Waals surface area contributed by atoms with E-state index in [2.05, 4.69) is 10.3 Å². The summed E-state index contributed by atoms with van der Waals surface area (Å²) in [7, 11) is 3.26. The summed E-state index contributed by atoms with van der Waals surface area (Å²) in [5.41, 5.74) is 4.47. The average Bonchev–Trinajstić information content (AvgIpc) is 3.13. The molecule has 2 aromatic heterocycles. The number of pyridine rings is 1. The fraction of sp³-hybridized carbons (Fsp3) is 0.360. The zero-order valence-electron chi connectivity index (χ0n) is 19.5. The molecule has 1 aliphatic carbocycles. The second-order valence-electron chi connectivity index (χ2n) is 8.13. The first-order chi connectivity index (χ1) is 15.8. The number of methoxy groups -OCH3 is 1. The van der Waals surface area contributed by atoms with Gasteiger partial charge in [-0.05, 0) is 30.5 Å². The standard InChI is InChI=1S/C25H28N4O4/c1-6-19-23(28-22-18-10-8-7-9-16(18)13-20(22)33-15(3)30)25(31)29(4)24(27-19)17-11-12-21(32-5)26-14(17)2/h7-12,20,22,28H,6,13H2,1-5H3/t20-,22?/m0/s1. The minimum Gasteiger partial charge on any atom is -0.481 e. The Hall–Kier alpha value is -3.68. The summed E-state index contributed by atoms with van der Waals surface area (Å²) in [6.45, 7) is 5.22. The molecule has 8 heteroatoms. The van der Waals surface area contributed by atoms with Crippen LogP contribution in [0.1, 0.15) is 42.4 Å². The summed E-state index contributed by atoms with van der Waals surface area (Å²) >= 11 is 0. The maximum Gasteiger partial charge on any atom is 0.302 e. The van der Waals surface area contributed by atoms with Crippen molar-refractivity contribution in [2.24, 2.45) is 7.05 Å². The topological polar surface area (TPSA) is 95.3 Å². The fourth-order valence-corrected chi connectivity index (χ4v) is 4.38. The second-order valence-corrected chi connectivity index (χ2v) is 8.13. The number of nitrogens with zero attached hydrogens (tertiary/aromatic N) is 3.